The quantitative estimate of drug-likeness (QED) is 0.615. The van der Waals surface area contributed by atoms with Gasteiger partial charge in [0.15, 0.2) is 0 Å². The van der Waals surface area contributed by atoms with E-state index in [1.165, 1.54) is 0 Å². The number of anilines is 1. The van der Waals surface area contributed by atoms with E-state index in [1.807, 2.05) is 0 Å². The summed E-state index contributed by atoms with van der Waals surface area (Å²) in [7, 11) is 0. The second-order valence-corrected chi connectivity index (χ2v) is 5.39. The fourth-order valence-corrected chi connectivity index (χ4v) is 2.14. The number of hydrogen-bond acceptors (Lipinski definition) is 3. The first-order valence-electron chi connectivity index (χ1n) is 7.73. The number of halogens is 2. The first-order valence-corrected chi connectivity index (χ1v) is 7.73. The Kier molecular flexibility index (Phi) is 8.18. The topological polar surface area (TPSA) is 85.8 Å². The van der Waals surface area contributed by atoms with Gasteiger partial charge in [0.1, 0.15) is 17.7 Å². The molecule has 3 N–H and O–H groups in total. The minimum Gasteiger partial charge on any atom is -0.544 e. The standard InChI is InChI=1S/C16H22F2N2O3/c1-2-3-4-5-8-19-14(16(22)23)10-15(21)20-13-7-6-11(17)9-12(13)18/h6-7,9,14,19H,2-5,8,10H2,1H3,(H,20,21)(H,22,23)/t14-/m0/s1. The van der Waals surface area contributed by atoms with Crippen molar-refractivity contribution < 1.29 is 28.8 Å². The smallest absolute Gasteiger partial charge is 0.230 e. The molecule has 0 saturated heterocycles. The van der Waals surface area contributed by atoms with Crippen molar-refractivity contribution in [2.45, 2.75) is 45.1 Å². The zero-order chi connectivity index (χ0) is 17.2. The number of carboxylic acids is 1. The van der Waals surface area contributed by atoms with Gasteiger partial charge in [-0.2, -0.15) is 0 Å². The van der Waals surface area contributed by atoms with Crippen LogP contribution in [0.4, 0.5) is 14.5 Å². The summed E-state index contributed by atoms with van der Waals surface area (Å²) in [5, 5.41) is 14.9. The highest BCUT2D eigenvalue weighted by Crippen LogP contribution is 2.15. The maximum Gasteiger partial charge on any atom is 0.230 e. The lowest BCUT2D eigenvalue weighted by molar-refractivity contribution is -0.682. The number of nitrogens with one attached hydrogen (secondary N) is 1. The fraction of sp³-hybridized carbons (Fsp3) is 0.500. The Bertz CT molecular complexity index is 538. The van der Waals surface area contributed by atoms with Gasteiger partial charge in [-0.15, -0.1) is 0 Å². The molecule has 0 unspecified atom stereocenters. The van der Waals surface area contributed by atoms with Gasteiger partial charge in [0, 0.05) is 6.07 Å². The number of rotatable bonds is 10. The number of aliphatic carboxylic acids is 1. The molecule has 1 atom stereocenters. The third-order valence-corrected chi connectivity index (χ3v) is 3.42. The summed E-state index contributed by atoms with van der Waals surface area (Å²) < 4.78 is 26.2. The molecule has 1 aromatic carbocycles. The average Bonchev–Trinajstić information content (AvgIpc) is 2.48. The summed E-state index contributed by atoms with van der Waals surface area (Å²) in [6, 6.07) is 1.71. The minimum absolute atomic E-state index is 0.184. The molecule has 5 nitrogen and oxygen atoms in total. The van der Waals surface area contributed by atoms with Crippen LogP contribution in [-0.4, -0.2) is 24.5 Å². The van der Waals surface area contributed by atoms with Gasteiger partial charge in [-0.1, -0.05) is 19.8 Å². The Morgan fingerprint density at radius 1 is 1.26 bits per heavy atom. The van der Waals surface area contributed by atoms with Crippen LogP contribution in [-0.2, 0) is 9.59 Å². The minimum atomic E-state index is -1.34. The van der Waals surface area contributed by atoms with Crippen molar-refractivity contribution in [3.05, 3.63) is 29.8 Å². The van der Waals surface area contributed by atoms with Gasteiger partial charge in [0.2, 0.25) is 5.91 Å². The van der Waals surface area contributed by atoms with Gasteiger partial charge in [-0.25, -0.2) is 8.78 Å². The first kappa shape index (κ1) is 19.0. The van der Waals surface area contributed by atoms with Crippen LogP contribution in [0.5, 0.6) is 0 Å². The monoisotopic (exact) mass is 328 g/mol. The van der Waals surface area contributed by atoms with Gasteiger partial charge in [0.05, 0.1) is 24.6 Å². The van der Waals surface area contributed by atoms with Gasteiger partial charge < -0.3 is 20.5 Å². The van der Waals surface area contributed by atoms with Crippen LogP contribution in [0.3, 0.4) is 0 Å². The zero-order valence-corrected chi connectivity index (χ0v) is 13.1. The molecular weight excluding hydrogens is 306 g/mol. The second kappa shape index (κ2) is 9.89. The number of carbonyl (C=O) groups is 2. The molecule has 0 heterocycles. The van der Waals surface area contributed by atoms with Gasteiger partial charge in [-0.05, 0) is 25.0 Å². The van der Waals surface area contributed by atoms with E-state index in [0.29, 0.717) is 12.6 Å². The van der Waals surface area contributed by atoms with E-state index in [9.17, 15) is 23.5 Å². The lowest BCUT2D eigenvalue weighted by atomic mass is 10.1. The molecule has 0 bridgehead atoms. The van der Waals surface area contributed by atoms with Crippen molar-refractivity contribution in [1.82, 2.24) is 0 Å². The summed E-state index contributed by atoms with van der Waals surface area (Å²) in [6.45, 7) is 2.66. The molecular formula is C16H22F2N2O3. The van der Waals surface area contributed by atoms with E-state index in [-0.39, 0.29) is 12.1 Å². The molecule has 0 aliphatic heterocycles. The molecule has 1 rings (SSSR count). The molecule has 0 aliphatic carbocycles. The van der Waals surface area contributed by atoms with Crippen LogP contribution in [0, 0.1) is 11.6 Å². The molecule has 0 spiro atoms. The van der Waals surface area contributed by atoms with E-state index < -0.39 is 29.6 Å². The fourth-order valence-electron chi connectivity index (χ4n) is 2.14. The number of benzene rings is 1. The number of quaternary nitrogens is 1. The molecule has 7 heteroatoms. The summed E-state index contributed by atoms with van der Waals surface area (Å²) >= 11 is 0. The van der Waals surface area contributed by atoms with Crippen LogP contribution < -0.4 is 15.7 Å². The van der Waals surface area contributed by atoms with Crippen molar-refractivity contribution in [2.24, 2.45) is 0 Å². The predicted molar refractivity (Wildman–Crippen MR) is 79.3 cm³/mol. The zero-order valence-electron chi connectivity index (χ0n) is 13.1. The van der Waals surface area contributed by atoms with Gasteiger partial charge >= 0.3 is 0 Å². The number of carboxylic acid groups (broad SMARTS) is 1. The van der Waals surface area contributed by atoms with Crippen LogP contribution in [0.25, 0.3) is 0 Å². The van der Waals surface area contributed by atoms with Crippen molar-refractivity contribution in [1.29, 1.82) is 0 Å². The third-order valence-electron chi connectivity index (χ3n) is 3.42. The Morgan fingerprint density at radius 2 is 2.00 bits per heavy atom. The van der Waals surface area contributed by atoms with E-state index in [1.54, 1.807) is 5.32 Å². The van der Waals surface area contributed by atoms with E-state index >= 15 is 0 Å². The molecule has 0 aliphatic rings. The molecule has 0 aromatic heterocycles. The Labute approximate surface area is 134 Å². The second-order valence-electron chi connectivity index (χ2n) is 5.39. The first-order chi connectivity index (χ1) is 10.9. The predicted octanol–water partition coefficient (Wildman–Crippen LogP) is 0.556. The summed E-state index contributed by atoms with van der Waals surface area (Å²) in [5.74, 6) is -3.66. The van der Waals surface area contributed by atoms with Crippen LogP contribution in [0.1, 0.15) is 39.0 Å². The molecule has 0 fully saturated rings. The highest BCUT2D eigenvalue weighted by atomic mass is 19.1. The molecule has 1 aromatic rings. The molecule has 23 heavy (non-hydrogen) atoms. The van der Waals surface area contributed by atoms with Crippen molar-refractivity contribution in [3.63, 3.8) is 0 Å². The molecule has 0 saturated carbocycles. The average molecular weight is 328 g/mol. The molecule has 0 radical (unpaired) electrons. The summed E-state index contributed by atoms with van der Waals surface area (Å²) in [4.78, 5) is 22.9. The highest BCUT2D eigenvalue weighted by Gasteiger charge is 2.19. The van der Waals surface area contributed by atoms with E-state index in [4.69, 9.17) is 0 Å². The Morgan fingerprint density at radius 3 is 2.61 bits per heavy atom. The highest BCUT2D eigenvalue weighted by molar-refractivity contribution is 5.93. The maximum absolute atomic E-state index is 13.4. The number of unbranched alkanes of at least 4 members (excludes halogenated alkanes) is 3. The normalized spacial score (nSPS) is 12.0. The van der Waals surface area contributed by atoms with Gasteiger partial charge in [0.25, 0.3) is 0 Å². The van der Waals surface area contributed by atoms with E-state index in [2.05, 4.69) is 12.2 Å². The summed E-state index contributed by atoms with van der Waals surface area (Å²) in [5.41, 5.74) is -0.184. The molecule has 1 amide bonds. The van der Waals surface area contributed by atoms with Crippen LogP contribution >= 0.6 is 0 Å². The SMILES string of the molecule is CCCCCC[NH2+][C@@H](CC(=O)Nc1ccc(F)cc1F)C(=O)[O-]. The molecule has 128 valence electrons. The maximum atomic E-state index is 13.4. The van der Waals surface area contributed by atoms with Crippen LogP contribution in [0.15, 0.2) is 18.2 Å². The lowest BCUT2D eigenvalue weighted by Crippen LogP contribution is -2.93. The van der Waals surface area contributed by atoms with Gasteiger partial charge in [-0.3, -0.25) is 4.79 Å². The van der Waals surface area contributed by atoms with Crippen molar-refractivity contribution in [3.8, 4) is 0 Å². The lowest BCUT2D eigenvalue weighted by Gasteiger charge is -2.16. The Balaban J connectivity index is 2.48. The largest absolute Gasteiger partial charge is 0.544 e. The third kappa shape index (κ3) is 7.19. The number of hydrogen-bond donors (Lipinski definition) is 2. The van der Waals surface area contributed by atoms with Crippen molar-refractivity contribution in [2.75, 3.05) is 11.9 Å². The number of amides is 1. The van der Waals surface area contributed by atoms with Crippen molar-refractivity contribution >= 4 is 17.6 Å². The summed E-state index contributed by atoms with van der Waals surface area (Å²) in [6.07, 6.45) is 3.67. The van der Waals surface area contributed by atoms with Crippen LogP contribution in [0.2, 0.25) is 0 Å². The number of carbonyl (C=O) groups excluding carboxylic acids is 2. The van der Waals surface area contributed by atoms with E-state index in [0.717, 1.165) is 37.8 Å². The Hall–Kier alpha value is -2.02. The number of nitrogens with two attached hydrogens (primary N) is 1.